The first kappa shape index (κ1) is 15.2. The third kappa shape index (κ3) is 2.67. The molecule has 0 saturated heterocycles. The van der Waals surface area contributed by atoms with Crippen LogP contribution in [0.25, 0.3) is 11.4 Å². The lowest BCUT2D eigenvalue weighted by Crippen LogP contribution is -2.36. The topological polar surface area (TPSA) is 89.9 Å². The van der Waals surface area contributed by atoms with Gasteiger partial charge in [-0.1, -0.05) is 0 Å². The summed E-state index contributed by atoms with van der Waals surface area (Å²) >= 11 is 0. The number of carbonyl (C=O) groups is 1. The van der Waals surface area contributed by atoms with Crippen LogP contribution >= 0.6 is 0 Å². The minimum atomic E-state index is -0.0581. The van der Waals surface area contributed by atoms with Crippen LogP contribution in [0.15, 0.2) is 35.8 Å². The average molecular weight is 350 g/mol. The number of nitrogens with zero attached hydrogens (tertiary/aromatic N) is 6. The molecule has 26 heavy (non-hydrogen) atoms. The van der Waals surface area contributed by atoms with Crippen molar-refractivity contribution >= 4 is 5.91 Å². The highest BCUT2D eigenvalue weighted by atomic mass is 16.3. The van der Waals surface area contributed by atoms with Crippen LogP contribution in [0, 0.1) is 5.92 Å². The summed E-state index contributed by atoms with van der Waals surface area (Å²) in [6.45, 7) is 2.12. The monoisotopic (exact) mass is 350 g/mol. The maximum absolute atomic E-state index is 12.8. The molecule has 0 radical (unpaired) electrons. The zero-order valence-electron chi connectivity index (χ0n) is 14.2. The Hall–Kier alpha value is -3.03. The van der Waals surface area contributed by atoms with E-state index < -0.39 is 0 Å². The van der Waals surface area contributed by atoms with Crippen molar-refractivity contribution in [3.8, 4) is 11.4 Å². The second-order valence-corrected chi connectivity index (χ2v) is 6.88. The molecule has 4 heterocycles. The molecule has 3 aromatic rings. The van der Waals surface area contributed by atoms with Gasteiger partial charge in [0.25, 0.3) is 5.91 Å². The lowest BCUT2D eigenvalue weighted by molar-refractivity contribution is 0.0732. The van der Waals surface area contributed by atoms with E-state index in [0.29, 0.717) is 24.3 Å². The van der Waals surface area contributed by atoms with Gasteiger partial charge in [0.1, 0.15) is 24.0 Å². The van der Waals surface area contributed by atoms with E-state index in [1.165, 1.54) is 31.3 Å². The predicted octanol–water partition coefficient (Wildman–Crippen LogP) is 1.94. The van der Waals surface area contributed by atoms with Gasteiger partial charge in [0.05, 0.1) is 12.1 Å². The highest BCUT2D eigenvalue weighted by Crippen LogP contribution is 2.34. The number of aromatic nitrogens is 5. The number of hydrogen-bond acceptors (Lipinski definition) is 6. The van der Waals surface area contributed by atoms with E-state index in [0.717, 1.165) is 30.1 Å². The molecule has 1 aliphatic carbocycles. The van der Waals surface area contributed by atoms with Gasteiger partial charge in [0.2, 0.25) is 0 Å². The number of rotatable bonds is 4. The second-order valence-electron chi connectivity index (χ2n) is 6.88. The quantitative estimate of drug-likeness (QED) is 0.714. The van der Waals surface area contributed by atoms with Crippen LogP contribution in [-0.2, 0) is 19.5 Å². The van der Waals surface area contributed by atoms with E-state index >= 15 is 0 Å². The van der Waals surface area contributed by atoms with Crippen LogP contribution in [-0.4, -0.2) is 42.1 Å². The summed E-state index contributed by atoms with van der Waals surface area (Å²) in [6, 6.07) is 0. The van der Waals surface area contributed by atoms with Crippen molar-refractivity contribution in [2.75, 3.05) is 6.54 Å². The Morgan fingerprint density at radius 3 is 2.85 bits per heavy atom. The van der Waals surface area contributed by atoms with E-state index in [1.54, 1.807) is 18.7 Å². The van der Waals surface area contributed by atoms with Gasteiger partial charge in [-0.05, 0) is 18.8 Å². The second kappa shape index (κ2) is 6.05. The summed E-state index contributed by atoms with van der Waals surface area (Å²) in [6.07, 6.45) is 10.9. The van der Waals surface area contributed by atoms with Crippen LogP contribution in [0.5, 0.6) is 0 Å². The smallest absolute Gasteiger partial charge is 0.257 e. The highest BCUT2D eigenvalue weighted by Gasteiger charge is 2.31. The Balaban J connectivity index is 1.49. The maximum atomic E-state index is 12.8. The van der Waals surface area contributed by atoms with Crippen LogP contribution in [0.2, 0.25) is 0 Å². The molecule has 8 nitrogen and oxygen atoms in total. The first-order chi connectivity index (χ1) is 12.8. The lowest BCUT2D eigenvalue weighted by atomic mass is 10.0. The molecule has 2 aliphatic rings. The van der Waals surface area contributed by atoms with Gasteiger partial charge < -0.3 is 9.32 Å². The third-order valence-electron chi connectivity index (χ3n) is 5.03. The zero-order valence-corrected chi connectivity index (χ0v) is 14.2. The summed E-state index contributed by atoms with van der Waals surface area (Å²) < 4.78 is 7.26. The molecule has 5 rings (SSSR count). The van der Waals surface area contributed by atoms with Crippen molar-refractivity contribution in [3.63, 3.8) is 0 Å². The Bertz CT molecular complexity index is 930. The predicted molar refractivity (Wildman–Crippen MR) is 90.9 cm³/mol. The largest absolute Gasteiger partial charge is 0.451 e. The average Bonchev–Trinajstić information content (AvgIpc) is 3.20. The molecule has 0 bridgehead atoms. The van der Waals surface area contributed by atoms with Crippen LogP contribution in [0.3, 0.4) is 0 Å². The minimum Gasteiger partial charge on any atom is -0.451 e. The fraction of sp³-hybridized carbons (Fsp3) is 0.389. The van der Waals surface area contributed by atoms with Gasteiger partial charge in [-0.15, -0.1) is 0 Å². The Labute approximate surface area is 149 Å². The number of hydrogen-bond donors (Lipinski definition) is 0. The van der Waals surface area contributed by atoms with Gasteiger partial charge in [-0.2, -0.15) is 5.10 Å². The van der Waals surface area contributed by atoms with Crippen molar-refractivity contribution in [2.45, 2.75) is 32.4 Å². The van der Waals surface area contributed by atoms with Crippen molar-refractivity contribution in [1.82, 2.24) is 29.6 Å². The molecule has 1 aliphatic heterocycles. The number of carbonyl (C=O) groups excluding carboxylic acids is 1. The lowest BCUT2D eigenvalue weighted by Gasteiger charge is -2.27. The Kier molecular flexibility index (Phi) is 3.55. The van der Waals surface area contributed by atoms with E-state index in [1.807, 2.05) is 4.90 Å². The molecule has 0 aromatic carbocycles. The zero-order chi connectivity index (χ0) is 17.5. The maximum Gasteiger partial charge on any atom is 0.257 e. The molecule has 132 valence electrons. The van der Waals surface area contributed by atoms with E-state index in [2.05, 4.69) is 19.6 Å². The van der Waals surface area contributed by atoms with E-state index in [-0.39, 0.29) is 5.91 Å². The van der Waals surface area contributed by atoms with Crippen molar-refractivity contribution in [3.05, 3.63) is 48.2 Å². The van der Waals surface area contributed by atoms with Crippen LogP contribution < -0.4 is 0 Å². The first-order valence-electron chi connectivity index (χ1n) is 8.81. The van der Waals surface area contributed by atoms with Gasteiger partial charge in [0, 0.05) is 43.2 Å². The molecule has 0 unspecified atom stereocenters. The summed E-state index contributed by atoms with van der Waals surface area (Å²) in [7, 11) is 0. The SMILES string of the molecule is O=C(c1cncnc1)N1CCc2c(c(-c3cocn3)nn2CC2CC2)C1. The number of fused-ring (bicyclic) bond motifs is 1. The van der Waals surface area contributed by atoms with Crippen molar-refractivity contribution in [1.29, 1.82) is 0 Å². The van der Waals surface area contributed by atoms with Crippen molar-refractivity contribution < 1.29 is 9.21 Å². The molecule has 1 saturated carbocycles. The molecule has 1 fully saturated rings. The van der Waals surface area contributed by atoms with Crippen molar-refractivity contribution in [2.24, 2.45) is 5.92 Å². The molecule has 1 amide bonds. The van der Waals surface area contributed by atoms with Gasteiger partial charge in [-0.3, -0.25) is 9.48 Å². The number of oxazole rings is 1. The van der Waals surface area contributed by atoms with E-state index in [4.69, 9.17) is 9.52 Å². The summed E-state index contributed by atoms with van der Waals surface area (Å²) in [4.78, 5) is 26.8. The number of amides is 1. The molecule has 8 heteroatoms. The van der Waals surface area contributed by atoms with Crippen LogP contribution in [0.1, 0.15) is 34.5 Å². The fourth-order valence-corrected chi connectivity index (χ4v) is 3.49. The fourth-order valence-electron chi connectivity index (χ4n) is 3.49. The molecular weight excluding hydrogens is 332 g/mol. The Morgan fingerprint density at radius 1 is 1.27 bits per heavy atom. The minimum absolute atomic E-state index is 0.0581. The normalized spacial score (nSPS) is 16.5. The van der Waals surface area contributed by atoms with E-state index in [9.17, 15) is 4.79 Å². The molecule has 0 N–H and O–H groups in total. The third-order valence-corrected chi connectivity index (χ3v) is 5.03. The molecule has 0 atom stereocenters. The van der Waals surface area contributed by atoms with Gasteiger partial charge in [0.15, 0.2) is 6.39 Å². The first-order valence-corrected chi connectivity index (χ1v) is 8.81. The molecular formula is C18H18N6O2. The Morgan fingerprint density at radius 2 is 2.12 bits per heavy atom. The molecule has 3 aromatic heterocycles. The van der Waals surface area contributed by atoms with Gasteiger partial charge in [-0.25, -0.2) is 15.0 Å². The summed E-state index contributed by atoms with van der Waals surface area (Å²) in [5, 5.41) is 4.81. The van der Waals surface area contributed by atoms with Crippen LogP contribution in [0.4, 0.5) is 0 Å². The van der Waals surface area contributed by atoms with Gasteiger partial charge >= 0.3 is 0 Å². The molecule has 0 spiro atoms. The summed E-state index contributed by atoms with van der Waals surface area (Å²) in [5.41, 5.74) is 4.31. The highest BCUT2D eigenvalue weighted by molar-refractivity contribution is 5.93. The summed E-state index contributed by atoms with van der Waals surface area (Å²) in [5.74, 6) is 0.669. The standard InChI is InChI=1S/C18H18N6O2/c25-18(13-5-19-10-20-6-13)23-4-3-16-14(8-23)17(15-9-26-11-21-15)22-24(16)7-12-1-2-12/h5-6,9-12H,1-4,7-8H2.